The molecule has 3 rings (SSSR count). The molecule has 0 saturated heterocycles. The molecule has 148 valence electrons. The van der Waals surface area contributed by atoms with E-state index in [1.54, 1.807) is 23.3 Å². The third kappa shape index (κ3) is 3.88. The molecule has 0 aromatic carbocycles. The first-order valence-corrected chi connectivity index (χ1v) is 9.24. The molecule has 0 saturated carbocycles. The summed E-state index contributed by atoms with van der Waals surface area (Å²) in [6.07, 6.45) is 3.36. The van der Waals surface area contributed by atoms with Crippen molar-refractivity contribution in [3.05, 3.63) is 36.3 Å². The number of carbonyl (C=O) groups is 1. The normalized spacial score (nSPS) is 12.2. The van der Waals surface area contributed by atoms with Crippen molar-refractivity contribution < 1.29 is 9.53 Å². The minimum atomic E-state index is -0.335. The van der Waals surface area contributed by atoms with E-state index in [9.17, 15) is 4.79 Å². The molecule has 0 aliphatic rings. The van der Waals surface area contributed by atoms with Gasteiger partial charge in [0.05, 0.1) is 7.11 Å². The van der Waals surface area contributed by atoms with Crippen LogP contribution in [0.2, 0.25) is 0 Å². The summed E-state index contributed by atoms with van der Waals surface area (Å²) in [6, 6.07) is 5.61. The molecule has 9 nitrogen and oxygen atoms in total. The SMILES string of the molecule is CCn1cc(C(=O)Nc2cccc(-c3nncn3[C@@H](C)C(C)C)n2)c(OC)n1. The van der Waals surface area contributed by atoms with Gasteiger partial charge in [-0.3, -0.25) is 9.48 Å². The van der Waals surface area contributed by atoms with Gasteiger partial charge in [-0.2, -0.15) is 0 Å². The van der Waals surface area contributed by atoms with Gasteiger partial charge in [0.15, 0.2) is 5.82 Å². The van der Waals surface area contributed by atoms with E-state index in [0.29, 0.717) is 35.4 Å². The Bertz CT molecular complexity index is 961. The van der Waals surface area contributed by atoms with Crippen molar-refractivity contribution in [3.63, 3.8) is 0 Å². The lowest BCUT2D eigenvalue weighted by molar-refractivity contribution is 0.102. The Hall–Kier alpha value is -3.23. The van der Waals surface area contributed by atoms with Crippen molar-refractivity contribution in [1.29, 1.82) is 0 Å². The minimum absolute atomic E-state index is 0.217. The van der Waals surface area contributed by atoms with Gasteiger partial charge < -0.3 is 14.6 Å². The predicted molar refractivity (Wildman–Crippen MR) is 105 cm³/mol. The molecular weight excluding hydrogens is 358 g/mol. The molecule has 0 radical (unpaired) electrons. The van der Waals surface area contributed by atoms with E-state index in [1.807, 2.05) is 23.6 Å². The molecule has 28 heavy (non-hydrogen) atoms. The van der Waals surface area contributed by atoms with E-state index < -0.39 is 0 Å². The standard InChI is InChI=1S/C19H25N7O2/c1-6-25-10-14(19(24-25)28-5)18(27)22-16-9-7-8-15(21-16)17-23-20-11-26(17)13(4)12(2)3/h7-13H,6H2,1-5H3,(H,21,22,27)/t13-/m0/s1. The summed E-state index contributed by atoms with van der Waals surface area (Å²) in [6.45, 7) is 8.97. The summed E-state index contributed by atoms with van der Waals surface area (Å²) >= 11 is 0. The molecule has 0 aliphatic carbocycles. The van der Waals surface area contributed by atoms with E-state index >= 15 is 0 Å². The molecule has 3 aromatic heterocycles. The highest BCUT2D eigenvalue weighted by molar-refractivity contribution is 6.05. The van der Waals surface area contributed by atoms with E-state index in [2.05, 4.69) is 46.4 Å². The summed E-state index contributed by atoms with van der Waals surface area (Å²) < 4.78 is 8.84. The summed E-state index contributed by atoms with van der Waals surface area (Å²) in [5.74, 6) is 1.44. The highest BCUT2D eigenvalue weighted by Crippen LogP contribution is 2.24. The van der Waals surface area contributed by atoms with Crippen LogP contribution in [0.15, 0.2) is 30.7 Å². The van der Waals surface area contributed by atoms with Crippen molar-refractivity contribution in [3.8, 4) is 17.4 Å². The van der Waals surface area contributed by atoms with E-state index in [-0.39, 0.29) is 17.8 Å². The number of nitrogens with one attached hydrogen (secondary N) is 1. The van der Waals surface area contributed by atoms with Crippen LogP contribution in [-0.4, -0.2) is 42.5 Å². The Kier molecular flexibility index (Phi) is 5.72. The highest BCUT2D eigenvalue weighted by atomic mass is 16.5. The third-order valence-corrected chi connectivity index (χ3v) is 4.69. The molecular formula is C19H25N7O2. The summed E-state index contributed by atoms with van der Waals surface area (Å²) in [7, 11) is 1.49. The maximum Gasteiger partial charge on any atom is 0.263 e. The number of methoxy groups -OCH3 is 1. The molecule has 0 spiro atoms. The average molecular weight is 383 g/mol. The van der Waals surface area contributed by atoms with Gasteiger partial charge in [-0.25, -0.2) is 4.98 Å². The first kappa shape index (κ1) is 19.5. The lowest BCUT2D eigenvalue weighted by Gasteiger charge is -2.18. The maximum atomic E-state index is 12.7. The van der Waals surface area contributed by atoms with Gasteiger partial charge in [0.25, 0.3) is 5.91 Å². The fourth-order valence-corrected chi connectivity index (χ4v) is 2.73. The van der Waals surface area contributed by atoms with Gasteiger partial charge in [-0.05, 0) is 31.9 Å². The zero-order chi connectivity index (χ0) is 20.3. The molecule has 1 atom stereocenters. The molecule has 1 amide bonds. The Balaban J connectivity index is 1.86. The van der Waals surface area contributed by atoms with Gasteiger partial charge >= 0.3 is 0 Å². The third-order valence-electron chi connectivity index (χ3n) is 4.69. The molecule has 3 aromatic rings. The Morgan fingerprint density at radius 3 is 2.75 bits per heavy atom. The monoisotopic (exact) mass is 383 g/mol. The average Bonchev–Trinajstić information content (AvgIpc) is 3.34. The van der Waals surface area contributed by atoms with Crippen molar-refractivity contribution in [2.45, 2.75) is 40.3 Å². The fourth-order valence-electron chi connectivity index (χ4n) is 2.73. The minimum Gasteiger partial charge on any atom is -0.479 e. The van der Waals surface area contributed by atoms with Gasteiger partial charge in [0.2, 0.25) is 5.88 Å². The molecule has 0 aliphatic heterocycles. The van der Waals surface area contributed by atoms with Crippen molar-refractivity contribution in [1.82, 2.24) is 29.5 Å². The summed E-state index contributed by atoms with van der Waals surface area (Å²) in [4.78, 5) is 17.2. The van der Waals surface area contributed by atoms with Crippen LogP contribution >= 0.6 is 0 Å². The van der Waals surface area contributed by atoms with Gasteiger partial charge in [-0.15, -0.1) is 15.3 Å². The lowest BCUT2D eigenvalue weighted by atomic mass is 10.1. The molecule has 1 N–H and O–H groups in total. The van der Waals surface area contributed by atoms with Crippen LogP contribution in [0.25, 0.3) is 11.5 Å². The van der Waals surface area contributed by atoms with Crippen molar-refractivity contribution in [2.75, 3.05) is 12.4 Å². The van der Waals surface area contributed by atoms with Crippen LogP contribution in [0, 0.1) is 5.92 Å². The van der Waals surface area contributed by atoms with E-state index in [4.69, 9.17) is 4.74 Å². The fraction of sp³-hybridized carbons (Fsp3) is 0.421. The number of nitrogens with zero attached hydrogens (tertiary/aromatic N) is 6. The Morgan fingerprint density at radius 1 is 1.29 bits per heavy atom. The largest absolute Gasteiger partial charge is 0.479 e. The molecule has 0 fully saturated rings. The zero-order valence-corrected chi connectivity index (χ0v) is 16.7. The van der Waals surface area contributed by atoms with Crippen molar-refractivity contribution >= 4 is 11.7 Å². The van der Waals surface area contributed by atoms with Crippen LogP contribution in [0.4, 0.5) is 5.82 Å². The molecule has 9 heteroatoms. The number of hydrogen-bond acceptors (Lipinski definition) is 6. The maximum absolute atomic E-state index is 12.7. The second-order valence-corrected chi connectivity index (χ2v) is 6.82. The van der Waals surface area contributed by atoms with Gasteiger partial charge in [-0.1, -0.05) is 19.9 Å². The van der Waals surface area contributed by atoms with Crippen LogP contribution in [0.3, 0.4) is 0 Å². The summed E-state index contributed by atoms with van der Waals surface area (Å²) in [5, 5.41) is 15.3. The number of carbonyl (C=O) groups excluding carboxylic acids is 1. The van der Waals surface area contributed by atoms with E-state index in [0.717, 1.165) is 0 Å². The summed E-state index contributed by atoms with van der Waals surface area (Å²) in [5.41, 5.74) is 0.993. The predicted octanol–water partition coefficient (Wildman–Crippen LogP) is 3.03. The number of aryl methyl sites for hydroxylation is 1. The first-order valence-electron chi connectivity index (χ1n) is 9.24. The smallest absolute Gasteiger partial charge is 0.263 e. The van der Waals surface area contributed by atoms with Crippen LogP contribution in [0.5, 0.6) is 5.88 Å². The topological polar surface area (TPSA) is 99.8 Å². The van der Waals surface area contributed by atoms with Gasteiger partial charge in [0.1, 0.15) is 23.4 Å². The number of pyridine rings is 1. The first-order chi connectivity index (χ1) is 13.4. The zero-order valence-electron chi connectivity index (χ0n) is 16.7. The van der Waals surface area contributed by atoms with Crippen LogP contribution < -0.4 is 10.1 Å². The quantitative estimate of drug-likeness (QED) is 0.673. The van der Waals surface area contributed by atoms with Crippen LogP contribution in [0.1, 0.15) is 44.1 Å². The second-order valence-electron chi connectivity index (χ2n) is 6.82. The van der Waals surface area contributed by atoms with E-state index in [1.165, 1.54) is 7.11 Å². The number of amides is 1. The van der Waals surface area contributed by atoms with Crippen molar-refractivity contribution in [2.24, 2.45) is 5.92 Å². The number of ether oxygens (including phenoxy) is 1. The Morgan fingerprint density at radius 2 is 2.07 bits per heavy atom. The highest BCUT2D eigenvalue weighted by Gasteiger charge is 2.19. The Labute approximate surface area is 163 Å². The second kappa shape index (κ2) is 8.20. The number of rotatable bonds is 7. The molecule has 0 bridgehead atoms. The molecule has 3 heterocycles. The lowest BCUT2D eigenvalue weighted by Crippen LogP contribution is -2.14. The molecule has 0 unspecified atom stereocenters. The van der Waals surface area contributed by atoms with Crippen LogP contribution in [-0.2, 0) is 6.54 Å². The van der Waals surface area contributed by atoms with Gasteiger partial charge in [0, 0.05) is 18.8 Å². The number of hydrogen-bond donors (Lipinski definition) is 1. The number of aromatic nitrogens is 6. The number of anilines is 1.